The predicted octanol–water partition coefficient (Wildman–Crippen LogP) is 5.11. The van der Waals surface area contributed by atoms with Crippen LogP contribution in [0.1, 0.15) is 11.1 Å². The first-order chi connectivity index (χ1) is 9.79. The molecule has 0 radical (unpaired) electrons. The Morgan fingerprint density at radius 2 is 1.76 bits per heavy atom. The summed E-state index contributed by atoms with van der Waals surface area (Å²) in [7, 11) is 0. The predicted molar refractivity (Wildman–Crippen MR) is 70.9 cm³/mol. The number of nitriles is 1. The highest BCUT2D eigenvalue weighted by Crippen LogP contribution is 2.33. The third-order valence-corrected chi connectivity index (χ3v) is 2.81. The molecule has 2 rings (SSSR count). The van der Waals surface area contributed by atoms with Crippen LogP contribution in [0, 0.1) is 17.1 Å². The van der Waals surface area contributed by atoms with E-state index in [2.05, 4.69) is 5.32 Å². The van der Waals surface area contributed by atoms with Crippen LogP contribution in [0.5, 0.6) is 0 Å². The van der Waals surface area contributed by atoms with Crippen molar-refractivity contribution in [2.45, 2.75) is 6.18 Å². The minimum absolute atomic E-state index is 0.143. The van der Waals surface area contributed by atoms with Crippen molar-refractivity contribution in [2.24, 2.45) is 0 Å². The summed E-state index contributed by atoms with van der Waals surface area (Å²) in [6.45, 7) is 0. The maximum Gasteiger partial charge on any atom is 0.417 e. The molecule has 0 unspecified atom stereocenters. The molecule has 0 aromatic heterocycles. The molecule has 7 heteroatoms. The number of halogens is 5. The van der Waals surface area contributed by atoms with Gasteiger partial charge in [0.05, 0.1) is 17.2 Å². The number of rotatable bonds is 2. The summed E-state index contributed by atoms with van der Waals surface area (Å²) in [6, 6.07) is 8.13. The molecule has 2 aromatic rings. The molecule has 0 heterocycles. The number of nitrogens with one attached hydrogen (secondary N) is 1. The Labute approximate surface area is 122 Å². The Hall–Kier alpha value is -2.26. The van der Waals surface area contributed by atoms with Crippen molar-refractivity contribution >= 4 is 23.0 Å². The van der Waals surface area contributed by atoms with Gasteiger partial charge in [0.1, 0.15) is 5.82 Å². The molecule has 0 atom stereocenters. The first-order valence-corrected chi connectivity index (χ1v) is 6.02. The highest BCUT2D eigenvalue weighted by Gasteiger charge is 2.33. The number of nitrogens with zero attached hydrogens (tertiary/aromatic N) is 1. The van der Waals surface area contributed by atoms with Gasteiger partial charge in [0.2, 0.25) is 0 Å². The third kappa shape index (κ3) is 3.64. The van der Waals surface area contributed by atoms with Gasteiger partial charge in [0, 0.05) is 16.4 Å². The molecule has 0 saturated carbocycles. The lowest BCUT2D eigenvalue weighted by molar-refractivity contribution is -0.137. The standard InChI is InChI=1S/C14H7ClF4N2/c15-9-4-10(16)6-12(5-9)21-11-1-2-13(14(17,18)19)8(3-11)7-20/h1-6,21H. The second kappa shape index (κ2) is 5.62. The molecule has 0 fully saturated rings. The van der Waals surface area contributed by atoms with Crippen molar-refractivity contribution in [1.82, 2.24) is 0 Å². The summed E-state index contributed by atoms with van der Waals surface area (Å²) in [5.74, 6) is -0.586. The maximum absolute atomic E-state index is 13.2. The van der Waals surface area contributed by atoms with Gasteiger partial charge < -0.3 is 5.32 Å². The van der Waals surface area contributed by atoms with E-state index in [0.29, 0.717) is 0 Å². The molecule has 0 spiro atoms. The molecule has 2 nitrogen and oxygen atoms in total. The zero-order valence-corrected chi connectivity index (χ0v) is 11.1. The quantitative estimate of drug-likeness (QED) is 0.782. The van der Waals surface area contributed by atoms with Crippen molar-refractivity contribution in [3.05, 3.63) is 58.4 Å². The maximum atomic E-state index is 13.2. The van der Waals surface area contributed by atoms with Crippen LogP contribution in [0.4, 0.5) is 28.9 Å². The topological polar surface area (TPSA) is 35.8 Å². The summed E-state index contributed by atoms with van der Waals surface area (Å²) in [5, 5.41) is 11.6. The molecule has 2 aromatic carbocycles. The average Bonchev–Trinajstić information content (AvgIpc) is 2.36. The van der Waals surface area contributed by atoms with E-state index in [0.717, 1.165) is 30.3 Å². The normalized spacial score (nSPS) is 11.0. The van der Waals surface area contributed by atoms with Gasteiger partial charge in [0.15, 0.2) is 0 Å². The van der Waals surface area contributed by atoms with Gasteiger partial charge in [-0.25, -0.2) is 4.39 Å². The fourth-order valence-corrected chi connectivity index (χ4v) is 1.98. The Balaban J connectivity index is 2.36. The Morgan fingerprint density at radius 3 is 2.33 bits per heavy atom. The molecule has 1 N–H and O–H groups in total. The van der Waals surface area contributed by atoms with Gasteiger partial charge in [-0.3, -0.25) is 0 Å². The smallest absolute Gasteiger partial charge is 0.355 e. The summed E-state index contributed by atoms with van der Waals surface area (Å²) in [5.41, 5.74) is -1.05. The SMILES string of the molecule is N#Cc1cc(Nc2cc(F)cc(Cl)c2)ccc1C(F)(F)F. The minimum atomic E-state index is -4.61. The fourth-order valence-electron chi connectivity index (χ4n) is 1.75. The Bertz CT molecular complexity index is 700. The van der Waals surface area contributed by atoms with Crippen molar-refractivity contribution < 1.29 is 17.6 Å². The molecule has 0 saturated heterocycles. The van der Waals surface area contributed by atoms with Crippen LogP contribution in [0.25, 0.3) is 0 Å². The molecule has 0 bridgehead atoms. The number of alkyl halides is 3. The lowest BCUT2D eigenvalue weighted by Gasteiger charge is -2.12. The Morgan fingerprint density at radius 1 is 1.05 bits per heavy atom. The average molecular weight is 315 g/mol. The second-order valence-electron chi connectivity index (χ2n) is 4.15. The van der Waals surface area contributed by atoms with Gasteiger partial charge in [-0.1, -0.05) is 11.6 Å². The first-order valence-electron chi connectivity index (χ1n) is 5.64. The molecule has 108 valence electrons. The van der Waals surface area contributed by atoms with E-state index in [4.69, 9.17) is 16.9 Å². The van der Waals surface area contributed by atoms with Gasteiger partial charge in [-0.2, -0.15) is 18.4 Å². The van der Waals surface area contributed by atoms with E-state index >= 15 is 0 Å². The highest BCUT2D eigenvalue weighted by molar-refractivity contribution is 6.30. The lowest BCUT2D eigenvalue weighted by atomic mass is 10.1. The van der Waals surface area contributed by atoms with E-state index in [1.54, 1.807) is 0 Å². The number of hydrogen-bond acceptors (Lipinski definition) is 2. The van der Waals surface area contributed by atoms with Gasteiger partial charge >= 0.3 is 6.18 Å². The van der Waals surface area contributed by atoms with Crippen molar-refractivity contribution in [2.75, 3.05) is 5.32 Å². The number of anilines is 2. The molecule has 0 amide bonds. The summed E-state index contributed by atoms with van der Waals surface area (Å²) < 4.78 is 51.2. The zero-order valence-electron chi connectivity index (χ0n) is 10.3. The Kier molecular flexibility index (Phi) is 4.05. The van der Waals surface area contributed by atoms with Crippen molar-refractivity contribution in [3.8, 4) is 6.07 Å². The molecule has 21 heavy (non-hydrogen) atoms. The van der Waals surface area contributed by atoms with Gasteiger partial charge in [-0.05, 0) is 36.4 Å². The van der Waals surface area contributed by atoms with Gasteiger partial charge in [0.25, 0.3) is 0 Å². The van der Waals surface area contributed by atoms with E-state index in [9.17, 15) is 17.6 Å². The molecular weight excluding hydrogens is 308 g/mol. The number of benzene rings is 2. The second-order valence-corrected chi connectivity index (χ2v) is 4.59. The van der Waals surface area contributed by atoms with Gasteiger partial charge in [-0.15, -0.1) is 0 Å². The van der Waals surface area contributed by atoms with E-state index in [-0.39, 0.29) is 16.4 Å². The van der Waals surface area contributed by atoms with Crippen molar-refractivity contribution in [1.29, 1.82) is 5.26 Å². The monoisotopic (exact) mass is 314 g/mol. The van der Waals surface area contributed by atoms with E-state index in [1.807, 2.05) is 0 Å². The van der Waals surface area contributed by atoms with Crippen LogP contribution < -0.4 is 5.32 Å². The molecule has 0 aliphatic rings. The summed E-state index contributed by atoms with van der Waals surface area (Å²) >= 11 is 5.68. The largest absolute Gasteiger partial charge is 0.417 e. The minimum Gasteiger partial charge on any atom is -0.355 e. The first kappa shape index (κ1) is 15.1. The van der Waals surface area contributed by atoms with E-state index < -0.39 is 23.1 Å². The molecule has 0 aliphatic carbocycles. The highest BCUT2D eigenvalue weighted by atomic mass is 35.5. The molecule has 0 aliphatic heterocycles. The third-order valence-electron chi connectivity index (χ3n) is 2.60. The summed E-state index contributed by atoms with van der Waals surface area (Å²) in [4.78, 5) is 0. The van der Waals surface area contributed by atoms with Crippen LogP contribution in [0.15, 0.2) is 36.4 Å². The van der Waals surface area contributed by atoms with Crippen LogP contribution in [0.3, 0.4) is 0 Å². The van der Waals surface area contributed by atoms with E-state index in [1.165, 1.54) is 12.1 Å². The lowest BCUT2D eigenvalue weighted by Crippen LogP contribution is -2.08. The fraction of sp³-hybridized carbons (Fsp3) is 0.0714. The number of hydrogen-bond donors (Lipinski definition) is 1. The zero-order chi connectivity index (χ0) is 15.6. The van der Waals surface area contributed by atoms with Crippen LogP contribution in [0.2, 0.25) is 5.02 Å². The van der Waals surface area contributed by atoms with Crippen LogP contribution in [-0.2, 0) is 6.18 Å². The van der Waals surface area contributed by atoms with Crippen molar-refractivity contribution in [3.63, 3.8) is 0 Å². The van der Waals surface area contributed by atoms with Crippen LogP contribution in [-0.4, -0.2) is 0 Å². The van der Waals surface area contributed by atoms with Crippen LogP contribution >= 0.6 is 11.6 Å². The molecular formula is C14H7ClF4N2. The summed E-state index contributed by atoms with van der Waals surface area (Å²) in [6.07, 6.45) is -4.61.